The molecule has 7 heteroatoms. The zero-order valence-electron chi connectivity index (χ0n) is 16.5. The Morgan fingerprint density at radius 1 is 0.862 bits per heavy atom. The Balaban J connectivity index is 1.24. The van der Waals surface area contributed by atoms with Crippen LogP contribution in [0.5, 0.6) is 5.75 Å². The number of nitrogens with zero attached hydrogens (tertiary/aromatic N) is 4. The van der Waals surface area contributed by atoms with E-state index in [0.29, 0.717) is 12.3 Å². The molecule has 2 aliphatic rings. The van der Waals surface area contributed by atoms with E-state index in [-0.39, 0.29) is 5.91 Å². The third-order valence-electron chi connectivity index (χ3n) is 5.76. The minimum Gasteiger partial charge on any atom is -0.506 e. The lowest BCUT2D eigenvalue weighted by Crippen LogP contribution is -2.54. The van der Waals surface area contributed by atoms with Crippen molar-refractivity contribution < 1.29 is 9.90 Å². The Bertz CT molecular complexity index is 846. The predicted molar refractivity (Wildman–Crippen MR) is 117 cm³/mol. The van der Waals surface area contributed by atoms with Crippen LogP contribution in [0.25, 0.3) is 0 Å². The van der Waals surface area contributed by atoms with Gasteiger partial charge in [0, 0.05) is 63.1 Å². The van der Waals surface area contributed by atoms with Crippen molar-refractivity contribution in [3.63, 3.8) is 0 Å². The van der Waals surface area contributed by atoms with E-state index in [2.05, 4.69) is 20.8 Å². The van der Waals surface area contributed by atoms with E-state index in [9.17, 15) is 9.90 Å². The Hall–Kier alpha value is -2.44. The van der Waals surface area contributed by atoms with E-state index in [1.165, 1.54) is 0 Å². The van der Waals surface area contributed by atoms with Crippen molar-refractivity contribution in [2.75, 3.05) is 68.7 Å². The van der Waals surface area contributed by atoms with Gasteiger partial charge in [-0.3, -0.25) is 9.69 Å². The maximum atomic E-state index is 12.8. The van der Waals surface area contributed by atoms with Crippen LogP contribution in [0.15, 0.2) is 48.5 Å². The molecule has 6 nitrogen and oxygen atoms in total. The number of amides is 1. The van der Waals surface area contributed by atoms with Crippen molar-refractivity contribution in [3.05, 3.63) is 53.6 Å². The second kappa shape index (κ2) is 8.93. The molecule has 2 aromatic carbocycles. The number of aromatic hydroxyl groups is 1. The van der Waals surface area contributed by atoms with Crippen molar-refractivity contribution in [2.45, 2.75) is 0 Å². The van der Waals surface area contributed by atoms with Gasteiger partial charge in [0.15, 0.2) is 0 Å². The number of anilines is 2. The number of hydrogen-bond acceptors (Lipinski definition) is 5. The van der Waals surface area contributed by atoms with Crippen molar-refractivity contribution >= 4 is 28.9 Å². The molecular weight excluding hydrogens is 388 g/mol. The molecule has 0 aromatic heterocycles. The summed E-state index contributed by atoms with van der Waals surface area (Å²) in [7, 11) is 0. The molecule has 2 saturated heterocycles. The molecule has 1 amide bonds. The number of carbonyl (C=O) groups excluding carboxylic acids is 1. The number of piperazine rings is 2. The molecule has 0 bridgehead atoms. The van der Waals surface area contributed by atoms with E-state index < -0.39 is 0 Å². The number of benzene rings is 2. The molecule has 2 aliphatic heterocycles. The molecule has 2 fully saturated rings. The second-order valence-electron chi connectivity index (χ2n) is 7.60. The summed E-state index contributed by atoms with van der Waals surface area (Å²) < 4.78 is 0. The van der Waals surface area contributed by atoms with Gasteiger partial charge >= 0.3 is 0 Å². The fourth-order valence-electron chi connectivity index (χ4n) is 4.06. The molecule has 0 atom stereocenters. The van der Waals surface area contributed by atoms with Crippen LogP contribution in [0, 0.1) is 0 Å². The van der Waals surface area contributed by atoms with Gasteiger partial charge in [-0.15, -0.1) is 0 Å². The predicted octanol–water partition coefficient (Wildman–Crippen LogP) is 2.52. The molecule has 4 rings (SSSR count). The average molecular weight is 415 g/mol. The van der Waals surface area contributed by atoms with E-state index in [0.717, 1.165) is 68.8 Å². The smallest absolute Gasteiger partial charge is 0.236 e. The highest BCUT2D eigenvalue weighted by atomic mass is 35.5. The number of carbonyl (C=O) groups is 1. The summed E-state index contributed by atoms with van der Waals surface area (Å²) in [5.41, 5.74) is 1.99. The fraction of sp³-hybridized carbons (Fsp3) is 0.409. The van der Waals surface area contributed by atoms with Crippen LogP contribution >= 0.6 is 11.6 Å². The normalized spacial score (nSPS) is 18.2. The Labute approximate surface area is 176 Å². The van der Waals surface area contributed by atoms with Crippen LogP contribution in [-0.4, -0.2) is 79.7 Å². The van der Waals surface area contributed by atoms with Crippen molar-refractivity contribution in [2.24, 2.45) is 0 Å². The average Bonchev–Trinajstić information content (AvgIpc) is 2.75. The number of halogens is 1. The van der Waals surface area contributed by atoms with Crippen LogP contribution < -0.4 is 9.80 Å². The van der Waals surface area contributed by atoms with Gasteiger partial charge in [0.25, 0.3) is 0 Å². The Morgan fingerprint density at radius 3 is 2.24 bits per heavy atom. The largest absolute Gasteiger partial charge is 0.506 e. The number of rotatable bonds is 4. The second-order valence-corrected chi connectivity index (χ2v) is 8.04. The molecule has 29 heavy (non-hydrogen) atoms. The van der Waals surface area contributed by atoms with Crippen LogP contribution in [-0.2, 0) is 4.79 Å². The van der Waals surface area contributed by atoms with E-state index in [4.69, 9.17) is 11.6 Å². The van der Waals surface area contributed by atoms with Gasteiger partial charge in [-0.2, -0.15) is 0 Å². The van der Waals surface area contributed by atoms with E-state index >= 15 is 0 Å². The van der Waals surface area contributed by atoms with Gasteiger partial charge < -0.3 is 19.8 Å². The fourth-order valence-corrected chi connectivity index (χ4v) is 4.24. The third-order valence-corrected chi connectivity index (χ3v) is 5.99. The van der Waals surface area contributed by atoms with Crippen molar-refractivity contribution in [3.8, 4) is 5.75 Å². The Kier molecular flexibility index (Phi) is 6.11. The molecule has 1 N–H and O–H groups in total. The monoisotopic (exact) mass is 414 g/mol. The van der Waals surface area contributed by atoms with Gasteiger partial charge in [-0.05, 0) is 30.3 Å². The first kappa shape index (κ1) is 19.9. The topological polar surface area (TPSA) is 50.3 Å². The molecule has 0 spiro atoms. The van der Waals surface area contributed by atoms with Crippen LogP contribution in [0.3, 0.4) is 0 Å². The summed E-state index contributed by atoms with van der Waals surface area (Å²) in [5.74, 6) is 0.515. The van der Waals surface area contributed by atoms with Crippen LogP contribution in [0.4, 0.5) is 11.4 Å². The number of phenols is 1. The first-order chi connectivity index (χ1) is 14.1. The van der Waals surface area contributed by atoms with Gasteiger partial charge in [0.05, 0.1) is 12.2 Å². The molecule has 0 aliphatic carbocycles. The zero-order chi connectivity index (χ0) is 20.2. The number of hydrogen-bond donors (Lipinski definition) is 1. The van der Waals surface area contributed by atoms with Gasteiger partial charge in [0.1, 0.15) is 5.75 Å². The summed E-state index contributed by atoms with van der Waals surface area (Å²) >= 11 is 6.10. The van der Waals surface area contributed by atoms with E-state index in [1.807, 2.05) is 41.3 Å². The number of phenolic OH excluding ortho intramolecular Hbond substituents is 1. The highest BCUT2D eigenvalue weighted by Gasteiger charge is 2.25. The summed E-state index contributed by atoms with van der Waals surface area (Å²) in [6, 6.07) is 15.3. The number of para-hydroxylation sites is 2. The summed E-state index contributed by atoms with van der Waals surface area (Å²) in [6.45, 7) is 6.87. The molecule has 0 radical (unpaired) electrons. The quantitative estimate of drug-likeness (QED) is 0.833. The van der Waals surface area contributed by atoms with Gasteiger partial charge in [0.2, 0.25) is 5.91 Å². The molecular formula is C22H27ClN4O2. The maximum Gasteiger partial charge on any atom is 0.236 e. The first-order valence-electron chi connectivity index (χ1n) is 10.1. The van der Waals surface area contributed by atoms with Crippen molar-refractivity contribution in [1.82, 2.24) is 9.80 Å². The first-order valence-corrected chi connectivity index (χ1v) is 10.5. The molecule has 0 unspecified atom stereocenters. The van der Waals surface area contributed by atoms with Crippen molar-refractivity contribution in [1.29, 1.82) is 0 Å². The lowest BCUT2D eigenvalue weighted by molar-refractivity contribution is -0.132. The summed E-state index contributed by atoms with van der Waals surface area (Å²) in [4.78, 5) is 21.4. The zero-order valence-corrected chi connectivity index (χ0v) is 17.3. The lowest BCUT2D eigenvalue weighted by Gasteiger charge is -2.39. The third kappa shape index (κ3) is 4.77. The standard InChI is InChI=1S/C22H27ClN4O2/c23-18-4-3-5-19(16-18)25-12-14-27(15-13-25)22(29)17-24-8-10-26(11-9-24)20-6-1-2-7-21(20)28/h1-7,16,28H,8-15,17H2. The Morgan fingerprint density at radius 2 is 1.55 bits per heavy atom. The highest BCUT2D eigenvalue weighted by Crippen LogP contribution is 2.27. The van der Waals surface area contributed by atoms with E-state index in [1.54, 1.807) is 6.07 Å². The molecule has 154 valence electrons. The summed E-state index contributed by atoms with van der Waals surface area (Å²) in [5, 5.41) is 10.8. The maximum absolute atomic E-state index is 12.8. The van der Waals surface area contributed by atoms with Crippen LogP contribution in [0.1, 0.15) is 0 Å². The molecule has 2 aromatic rings. The minimum absolute atomic E-state index is 0.201. The lowest BCUT2D eigenvalue weighted by atomic mass is 10.2. The minimum atomic E-state index is 0.201. The highest BCUT2D eigenvalue weighted by molar-refractivity contribution is 6.30. The van der Waals surface area contributed by atoms with Gasteiger partial charge in [-0.25, -0.2) is 0 Å². The molecule has 0 saturated carbocycles. The van der Waals surface area contributed by atoms with Crippen LogP contribution in [0.2, 0.25) is 5.02 Å². The summed E-state index contributed by atoms with van der Waals surface area (Å²) in [6.07, 6.45) is 0. The molecule has 2 heterocycles. The van der Waals surface area contributed by atoms with Gasteiger partial charge in [-0.1, -0.05) is 29.8 Å². The SMILES string of the molecule is O=C(CN1CCN(c2ccccc2O)CC1)N1CCN(c2cccc(Cl)c2)CC1.